The van der Waals surface area contributed by atoms with Crippen LogP contribution in [0.15, 0.2) is 30.3 Å². The molecule has 8 heteroatoms. The smallest absolute Gasteiger partial charge is 0.263 e. The molecule has 1 aliphatic heterocycles. The summed E-state index contributed by atoms with van der Waals surface area (Å²) >= 11 is 0. The molecule has 1 heterocycles. The average molecular weight is 418 g/mol. The van der Waals surface area contributed by atoms with Crippen molar-refractivity contribution in [3.05, 3.63) is 30.3 Å². The molecule has 1 saturated heterocycles. The van der Waals surface area contributed by atoms with E-state index in [1.54, 1.807) is 18.9 Å². The maximum Gasteiger partial charge on any atom is 0.263 e. The Balaban J connectivity index is 2.15. The van der Waals surface area contributed by atoms with Crippen LogP contribution in [-0.4, -0.2) is 59.9 Å². The molecule has 2 rings (SSSR count). The minimum Gasteiger partial charge on any atom is -0.344 e. The minimum absolute atomic E-state index is 0.181. The fourth-order valence-corrected chi connectivity index (χ4v) is 3.48. The lowest BCUT2D eigenvalue weighted by atomic mass is 9.85. The molecule has 0 aromatic heterocycles. The third-order valence-electron chi connectivity index (χ3n) is 5.42. The van der Waals surface area contributed by atoms with E-state index in [1.165, 1.54) is 5.01 Å². The van der Waals surface area contributed by atoms with E-state index in [-0.39, 0.29) is 30.2 Å². The number of hydrazine groups is 1. The Bertz CT molecular complexity index is 747. The zero-order chi connectivity index (χ0) is 22.5. The Hall–Kier alpha value is -2.61. The van der Waals surface area contributed by atoms with Gasteiger partial charge in [-0.3, -0.25) is 24.8 Å². The van der Waals surface area contributed by atoms with Gasteiger partial charge in [-0.1, -0.05) is 45.9 Å². The highest BCUT2D eigenvalue weighted by Gasteiger charge is 2.42. The number of para-hydroxylation sites is 1. The largest absolute Gasteiger partial charge is 0.344 e. The molecule has 0 radical (unpaired) electrons. The van der Waals surface area contributed by atoms with E-state index in [0.29, 0.717) is 13.0 Å². The Morgan fingerprint density at radius 1 is 1.23 bits per heavy atom. The number of carbonyl (C=O) groups is 3. The van der Waals surface area contributed by atoms with Crippen LogP contribution in [0.3, 0.4) is 0 Å². The number of benzene rings is 1. The van der Waals surface area contributed by atoms with E-state index >= 15 is 0 Å². The summed E-state index contributed by atoms with van der Waals surface area (Å²) in [6, 6.07) is 8.09. The summed E-state index contributed by atoms with van der Waals surface area (Å²) in [5.74, 6) is -1.06. The summed E-state index contributed by atoms with van der Waals surface area (Å²) in [6.45, 7) is 8.13. The monoisotopic (exact) mass is 417 g/mol. The van der Waals surface area contributed by atoms with Gasteiger partial charge in [-0.25, -0.2) is 0 Å². The van der Waals surface area contributed by atoms with Crippen LogP contribution in [0.25, 0.3) is 0 Å². The van der Waals surface area contributed by atoms with Crippen LogP contribution in [0.5, 0.6) is 0 Å². The van der Waals surface area contributed by atoms with Crippen LogP contribution in [0.4, 0.5) is 5.69 Å². The van der Waals surface area contributed by atoms with Crippen molar-refractivity contribution in [2.45, 2.75) is 52.6 Å². The quantitative estimate of drug-likeness (QED) is 0.584. The Kier molecular flexibility index (Phi) is 7.83. The molecule has 1 aliphatic rings. The van der Waals surface area contributed by atoms with Crippen LogP contribution in [-0.2, 0) is 14.4 Å². The standard InChI is InChI=1S/C22H35N5O3/c1-15(14-23)19(28)24-18(22(2,3)4)21(30)27-13-9-12-17(27)20(29)26(5)25-16-10-7-6-8-11-16/h6-8,10-11,15,17-18,25H,9,12-14,23H2,1-5H3,(H,24,28). The number of hydrogen-bond acceptors (Lipinski definition) is 5. The molecule has 0 aliphatic carbocycles. The van der Waals surface area contributed by atoms with E-state index in [4.69, 9.17) is 5.73 Å². The third kappa shape index (κ3) is 5.72. The van der Waals surface area contributed by atoms with Crippen molar-refractivity contribution in [3.8, 4) is 0 Å². The van der Waals surface area contributed by atoms with Gasteiger partial charge in [0.2, 0.25) is 11.8 Å². The van der Waals surface area contributed by atoms with Gasteiger partial charge in [0.05, 0.1) is 5.69 Å². The first-order valence-electron chi connectivity index (χ1n) is 10.5. The number of likely N-dealkylation sites (tertiary alicyclic amines) is 1. The predicted octanol–water partition coefficient (Wildman–Crippen LogP) is 1.59. The van der Waals surface area contributed by atoms with E-state index in [0.717, 1.165) is 12.1 Å². The Labute approximate surface area is 179 Å². The number of amides is 3. The highest BCUT2D eigenvalue weighted by atomic mass is 16.2. The summed E-state index contributed by atoms with van der Waals surface area (Å²) in [7, 11) is 1.66. The van der Waals surface area contributed by atoms with Gasteiger partial charge in [-0.15, -0.1) is 0 Å². The highest BCUT2D eigenvalue weighted by molar-refractivity contribution is 5.93. The topological polar surface area (TPSA) is 108 Å². The second-order valence-corrected chi connectivity index (χ2v) is 9.01. The molecule has 3 unspecified atom stereocenters. The van der Waals surface area contributed by atoms with E-state index < -0.39 is 17.5 Å². The minimum atomic E-state index is -0.736. The predicted molar refractivity (Wildman–Crippen MR) is 117 cm³/mol. The van der Waals surface area contributed by atoms with Crippen molar-refractivity contribution >= 4 is 23.4 Å². The summed E-state index contributed by atoms with van der Waals surface area (Å²) in [6.07, 6.45) is 1.33. The van der Waals surface area contributed by atoms with E-state index in [2.05, 4.69) is 10.7 Å². The van der Waals surface area contributed by atoms with Crippen LogP contribution in [0.1, 0.15) is 40.5 Å². The molecule has 4 N–H and O–H groups in total. The molecular formula is C22H35N5O3. The maximum absolute atomic E-state index is 13.4. The number of hydrogen-bond donors (Lipinski definition) is 3. The SMILES string of the molecule is CC(CN)C(=O)NC(C(=O)N1CCCC1C(=O)N(C)Nc1ccccc1)C(C)(C)C. The zero-order valence-corrected chi connectivity index (χ0v) is 18.6. The van der Waals surface area contributed by atoms with Crippen molar-refractivity contribution in [3.63, 3.8) is 0 Å². The average Bonchev–Trinajstić information content (AvgIpc) is 3.19. The lowest BCUT2D eigenvalue weighted by molar-refractivity contribution is -0.146. The summed E-state index contributed by atoms with van der Waals surface area (Å²) in [4.78, 5) is 40.5. The lowest BCUT2D eigenvalue weighted by Crippen LogP contribution is -2.58. The molecular weight excluding hydrogens is 382 g/mol. The first-order valence-corrected chi connectivity index (χ1v) is 10.5. The second-order valence-electron chi connectivity index (χ2n) is 9.01. The van der Waals surface area contributed by atoms with E-state index in [9.17, 15) is 14.4 Å². The van der Waals surface area contributed by atoms with Crippen molar-refractivity contribution in [1.82, 2.24) is 15.2 Å². The molecule has 1 fully saturated rings. The van der Waals surface area contributed by atoms with Crippen LogP contribution in [0, 0.1) is 11.3 Å². The number of nitrogens with two attached hydrogens (primary N) is 1. The van der Waals surface area contributed by atoms with Crippen molar-refractivity contribution in [1.29, 1.82) is 0 Å². The fourth-order valence-electron chi connectivity index (χ4n) is 3.48. The molecule has 0 spiro atoms. The number of carbonyl (C=O) groups excluding carboxylic acids is 3. The molecule has 3 amide bonds. The van der Waals surface area contributed by atoms with Gasteiger partial charge in [-0.2, -0.15) is 0 Å². The van der Waals surface area contributed by atoms with Gasteiger partial charge in [-0.05, 0) is 30.4 Å². The van der Waals surface area contributed by atoms with Gasteiger partial charge < -0.3 is 16.0 Å². The lowest BCUT2D eigenvalue weighted by Gasteiger charge is -2.36. The number of anilines is 1. The molecule has 30 heavy (non-hydrogen) atoms. The number of nitrogens with one attached hydrogen (secondary N) is 2. The van der Waals surface area contributed by atoms with Gasteiger partial charge >= 0.3 is 0 Å². The Morgan fingerprint density at radius 2 is 1.87 bits per heavy atom. The van der Waals surface area contributed by atoms with Crippen molar-refractivity contribution in [2.75, 3.05) is 25.6 Å². The highest BCUT2D eigenvalue weighted by Crippen LogP contribution is 2.27. The van der Waals surface area contributed by atoms with Gasteiger partial charge in [0, 0.05) is 26.1 Å². The normalized spacial score (nSPS) is 18.5. The molecule has 0 bridgehead atoms. The van der Waals surface area contributed by atoms with E-state index in [1.807, 2.05) is 51.1 Å². The number of likely N-dealkylation sites (N-methyl/N-ethyl adjacent to an activating group) is 1. The number of rotatable bonds is 7. The maximum atomic E-state index is 13.4. The van der Waals surface area contributed by atoms with Gasteiger partial charge in [0.1, 0.15) is 12.1 Å². The molecule has 1 aromatic rings. The number of nitrogens with zero attached hydrogens (tertiary/aromatic N) is 2. The van der Waals surface area contributed by atoms with Gasteiger partial charge in [0.25, 0.3) is 5.91 Å². The Morgan fingerprint density at radius 3 is 2.43 bits per heavy atom. The van der Waals surface area contributed by atoms with Crippen LogP contribution >= 0.6 is 0 Å². The fraction of sp³-hybridized carbons (Fsp3) is 0.591. The van der Waals surface area contributed by atoms with Gasteiger partial charge in [0.15, 0.2) is 0 Å². The summed E-state index contributed by atoms with van der Waals surface area (Å²) < 4.78 is 0. The van der Waals surface area contributed by atoms with Crippen LogP contribution in [0.2, 0.25) is 0 Å². The second kappa shape index (κ2) is 9.93. The zero-order valence-electron chi connectivity index (χ0n) is 18.6. The summed E-state index contributed by atoms with van der Waals surface area (Å²) in [5.41, 5.74) is 8.94. The molecule has 8 nitrogen and oxygen atoms in total. The van der Waals surface area contributed by atoms with Crippen molar-refractivity contribution < 1.29 is 14.4 Å². The van der Waals surface area contributed by atoms with Crippen molar-refractivity contribution in [2.24, 2.45) is 17.1 Å². The molecule has 166 valence electrons. The molecule has 1 aromatic carbocycles. The first kappa shape index (κ1) is 23.7. The molecule has 0 saturated carbocycles. The third-order valence-corrected chi connectivity index (χ3v) is 5.42. The summed E-state index contributed by atoms with van der Waals surface area (Å²) in [5, 5.41) is 4.29. The van der Waals surface area contributed by atoms with Crippen LogP contribution < -0.4 is 16.5 Å². The molecule has 3 atom stereocenters. The first-order chi connectivity index (χ1) is 14.1.